The Balaban J connectivity index is 1.92. The van der Waals surface area contributed by atoms with Crippen molar-refractivity contribution in [2.24, 2.45) is 0 Å². The van der Waals surface area contributed by atoms with Crippen LogP contribution in [-0.4, -0.2) is 50.0 Å². The van der Waals surface area contributed by atoms with Gasteiger partial charge in [-0.05, 0) is 50.8 Å². The smallest absolute Gasteiger partial charge is 0.290 e. The first-order valence-corrected chi connectivity index (χ1v) is 9.57. The summed E-state index contributed by atoms with van der Waals surface area (Å²) in [5.74, 6) is 0.618. The molecule has 1 aliphatic heterocycles. The van der Waals surface area contributed by atoms with Gasteiger partial charge in [-0.25, -0.2) is 0 Å². The molecule has 1 aromatic heterocycles. The molecule has 0 saturated heterocycles. The van der Waals surface area contributed by atoms with Crippen LogP contribution in [0.4, 0.5) is 0 Å². The molecular formula is C23H24N2O4. The van der Waals surface area contributed by atoms with Gasteiger partial charge in [-0.15, -0.1) is 0 Å². The molecule has 0 N–H and O–H groups in total. The molecule has 29 heavy (non-hydrogen) atoms. The summed E-state index contributed by atoms with van der Waals surface area (Å²) in [6.45, 7) is 3.10. The van der Waals surface area contributed by atoms with E-state index in [1.807, 2.05) is 62.3 Å². The summed E-state index contributed by atoms with van der Waals surface area (Å²) in [5, 5.41) is 0.504. The molecule has 1 aliphatic rings. The Hall–Kier alpha value is -3.12. The van der Waals surface area contributed by atoms with Gasteiger partial charge in [0, 0.05) is 13.1 Å². The maximum absolute atomic E-state index is 13.4. The van der Waals surface area contributed by atoms with Crippen molar-refractivity contribution in [3.63, 3.8) is 0 Å². The predicted octanol–water partition coefficient (Wildman–Crippen LogP) is 3.22. The molecule has 0 bridgehead atoms. The standard InChI is InChI=1S/C23H24N2O4/c1-14-5-10-18-17(13-14)21(26)19-20(15-6-8-16(28-4)9-7-15)25(12-11-24(2)3)23(27)22(19)29-18/h5-10,13,20H,11-12H2,1-4H3/t20-/m1/s1. The van der Waals surface area contributed by atoms with Crippen LogP contribution >= 0.6 is 0 Å². The minimum atomic E-state index is -0.482. The first kappa shape index (κ1) is 19.2. The van der Waals surface area contributed by atoms with Crippen molar-refractivity contribution in [1.82, 2.24) is 9.80 Å². The molecule has 2 heterocycles. The van der Waals surface area contributed by atoms with E-state index in [1.165, 1.54) is 0 Å². The van der Waals surface area contributed by atoms with Crippen LogP contribution in [0.5, 0.6) is 5.75 Å². The van der Waals surface area contributed by atoms with Gasteiger partial charge in [0.15, 0.2) is 5.43 Å². The lowest BCUT2D eigenvalue weighted by molar-refractivity contribution is 0.0716. The van der Waals surface area contributed by atoms with Gasteiger partial charge in [0.1, 0.15) is 11.3 Å². The fourth-order valence-corrected chi connectivity index (χ4v) is 3.81. The van der Waals surface area contributed by atoms with Gasteiger partial charge in [0.2, 0.25) is 5.76 Å². The van der Waals surface area contributed by atoms with Crippen molar-refractivity contribution in [3.8, 4) is 5.75 Å². The highest BCUT2D eigenvalue weighted by Gasteiger charge is 2.42. The van der Waals surface area contributed by atoms with Gasteiger partial charge >= 0.3 is 0 Å². The number of carbonyl (C=O) groups excluding carboxylic acids is 1. The van der Waals surface area contributed by atoms with E-state index in [4.69, 9.17) is 9.15 Å². The van der Waals surface area contributed by atoms with Crippen LogP contribution in [0.1, 0.15) is 33.3 Å². The molecule has 0 saturated carbocycles. The van der Waals surface area contributed by atoms with Crippen LogP contribution in [0, 0.1) is 6.92 Å². The average Bonchev–Trinajstić information content (AvgIpc) is 2.99. The van der Waals surface area contributed by atoms with E-state index in [9.17, 15) is 9.59 Å². The third-order valence-corrected chi connectivity index (χ3v) is 5.34. The largest absolute Gasteiger partial charge is 0.497 e. The summed E-state index contributed by atoms with van der Waals surface area (Å²) >= 11 is 0. The number of hydrogen-bond acceptors (Lipinski definition) is 5. The SMILES string of the molecule is COc1ccc([C@@H]2c3c(oc4ccc(C)cc4c3=O)C(=O)N2CCN(C)C)cc1. The minimum Gasteiger partial charge on any atom is -0.497 e. The number of amides is 1. The highest BCUT2D eigenvalue weighted by atomic mass is 16.5. The molecular weight excluding hydrogens is 368 g/mol. The lowest BCUT2D eigenvalue weighted by atomic mass is 9.98. The molecule has 150 valence electrons. The van der Waals surface area contributed by atoms with Crippen LogP contribution < -0.4 is 10.2 Å². The number of hydrogen-bond donors (Lipinski definition) is 0. The van der Waals surface area contributed by atoms with Crippen molar-refractivity contribution in [3.05, 3.63) is 75.1 Å². The molecule has 6 heteroatoms. The Labute approximate surface area is 169 Å². The number of nitrogens with zero attached hydrogens (tertiary/aromatic N) is 2. The number of likely N-dealkylation sites (N-methyl/N-ethyl adjacent to an activating group) is 1. The second-order valence-electron chi connectivity index (χ2n) is 7.65. The van der Waals surface area contributed by atoms with E-state index < -0.39 is 6.04 Å². The average molecular weight is 392 g/mol. The summed E-state index contributed by atoms with van der Waals surface area (Å²) in [4.78, 5) is 30.4. The van der Waals surface area contributed by atoms with Crippen LogP contribution in [-0.2, 0) is 0 Å². The number of benzene rings is 2. The molecule has 1 amide bonds. The van der Waals surface area contributed by atoms with Crippen LogP contribution in [0.25, 0.3) is 11.0 Å². The molecule has 0 fully saturated rings. The molecule has 1 atom stereocenters. The number of carbonyl (C=O) groups is 1. The topological polar surface area (TPSA) is 63.0 Å². The van der Waals surface area contributed by atoms with Gasteiger partial charge in [0.25, 0.3) is 5.91 Å². The highest BCUT2D eigenvalue weighted by Crippen LogP contribution is 2.38. The number of fused-ring (bicyclic) bond motifs is 2. The van der Waals surface area contributed by atoms with Gasteiger partial charge in [-0.3, -0.25) is 9.59 Å². The maximum Gasteiger partial charge on any atom is 0.290 e. The molecule has 4 rings (SSSR count). The Bertz CT molecular complexity index is 1130. The molecule has 0 spiro atoms. The molecule has 3 aromatic rings. The zero-order valence-corrected chi connectivity index (χ0v) is 17.1. The van der Waals surface area contributed by atoms with Crippen LogP contribution in [0.15, 0.2) is 51.7 Å². The second-order valence-corrected chi connectivity index (χ2v) is 7.65. The zero-order chi connectivity index (χ0) is 20.7. The van der Waals surface area contributed by atoms with Crippen LogP contribution in [0.3, 0.4) is 0 Å². The van der Waals surface area contributed by atoms with E-state index >= 15 is 0 Å². The van der Waals surface area contributed by atoms with E-state index in [0.717, 1.165) is 16.9 Å². The van der Waals surface area contributed by atoms with Gasteiger partial charge < -0.3 is 19.0 Å². The Morgan fingerprint density at radius 2 is 1.83 bits per heavy atom. The maximum atomic E-state index is 13.4. The third-order valence-electron chi connectivity index (χ3n) is 5.34. The minimum absolute atomic E-state index is 0.144. The third kappa shape index (κ3) is 3.29. The molecule has 0 unspecified atom stereocenters. The first-order chi connectivity index (χ1) is 13.9. The normalized spacial score (nSPS) is 16.0. The number of methoxy groups -OCH3 is 1. The molecule has 2 aromatic carbocycles. The number of rotatable bonds is 5. The second kappa shape index (κ2) is 7.37. The molecule has 0 radical (unpaired) electrons. The summed E-state index contributed by atoms with van der Waals surface area (Å²) in [5.41, 5.74) is 2.54. The predicted molar refractivity (Wildman–Crippen MR) is 112 cm³/mol. The van der Waals surface area contributed by atoms with Crippen molar-refractivity contribution in [1.29, 1.82) is 0 Å². The summed E-state index contributed by atoms with van der Waals surface area (Å²) in [6, 6.07) is 12.4. The fraction of sp³-hybridized carbons (Fsp3) is 0.304. The van der Waals surface area contributed by atoms with Crippen molar-refractivity contribution in [2.45, 2.75) is 13.0 Å². The highest BCUT2D eigenvalue weighted by molar-refractivity contribution is 5.99. The van der Waals surface area contributed by atoms with Gasteiger partial charge in [-0.2, -0.15) is 0 Å². The van der Waals surface area contributed by atoms with Crippen LogP contribution in [0.2, 0.25) is 0 Å². The lowest BCUT2D eigenvalue weighted by Crippen LogP contribution is -2.35. The van der Waals surface area contributed by atoms with Crippen molar-refractivity contribution < 1.29 is 13.9 Å². The van der Waals surface area contributed by atoms with Crippen molar-refractivity contribution >= 4 is 16.9 Å². The van der Waals surface area contributed by atoms with E-state index in [1.54, 1.807) is 18.1 Å². The number of ether oxygens (including phenoxy) is 1. The van der Waals surface area contributed by atoms with Gasteiger partial charge in [-0.1, -0.05) is 23.8 Å². The Morgan fingerprint density at radius 3 is 2.48 bits per heavy atom. The quantitative estimate of drug-likeness (QED) is 0.667. The van der Waals surface area contributed by atoms with E-state index in [2.05, 4.69) is 0 Å². The van der Waals surface area contributed by atoms with E-state index in [0.29, 0.717) is 29.6 Å². The number of aryl methyl sites for hydroxylation is 1. The first-order valence-electron chi connectivity index (χ1n) is 9.57. The molecule has 0 aliphatic carbocycles. The summed E-state index contributed by atoms with van der Waals surface area (Å²) < 4.78 is 11.2. The lowest BCUT2D eigenvalue weighted by Gasteiger charge is -2.26. The van der Waals surface area contributed by atoms with Gasteiger partial charge in [0.05, 0.1) is 24.1 Å². The summed E-state index contributed by atoms with van der Waals surface area (Å²) in [7, 11) is 5.52. The Kier molecular flexibility index (Phi) is 4.88. The molecule has 6 nitrogen and oxygen atoms in total. The van der Waals surface area contributed by atoms with E-state index in [-0.39, 0.29) is 17.1 Å². The Morgan fingerprint density at radius 1 is 1.10 bits per heavy atom. The monoisotopic (exact) mass is 392 g/mol. The van der Waals surface area contributed by atoms with Crippen molar-refractivity contribution in [2.75, 3.05) is 34.3 Å². The summed E-state index contributed by atoms with van der Waals surface area (Å²) in [6.07, 6.45) is 0. The zero-order valence-electron chi connectivity index (χ0n) is 17.1. The fourth-order valence-electron chi connectivity index (χ4n) is 3.81.